The van der Waals surface area contributed by atoms with Crippen LogP contribution in [-0.2, 0) is 26.0 Å². The van der Waals surface area contributed by atoms with Crippen LogP contribution in [0.1, 0.15) is 55.9 Å². The molecule has 9 nitrogen and oxygen atoms in total. The van der Waals surface area contributed by atoms with E-state index in [1.54, 1.807) is 20.8 Å². The molecule has 0 amide bonds. The predicted molar refractivity (Wildman–Crippen MR) is 119 cm³/mol. The average Bonchev–Trinajstić information content (AvgIpc) is 2.99. The molecule has 0 saturated heterocycles. The fourth-order valence-electron chi connectivity index (χ4n) is 3.77. The van der Waals surface area contributed by atoms with Crippen molar-refractivity contribution in [3.8, 4) is 5.75 Å². The maximum absolute atomic E-state index is 13.1. The Hall–Kier alpha value is -2.33. The first-order valence-electron chi connectivity index (χ1n) is 10.4. The highest BCUT2D eigenvalue weighted by Gasteiger charge is 2.36. The van der Waals surface area contributed by atoms with Crippen molar-refractivity contribution in [2.75, 3.05) is 13.2 Å². The van der Waals surface area contributed by atoms with Crippen molar-refractivity contribution in [2.24, 2.45) is 5.73 Å². The molecular weight excluding hydrogens is 420 g/mol. The van der Waals surface area contributed by atoms with E-state index < -0.39 is 27.6 Å². The number of hydrogen-bond donors (Lipinski definition) is 4. The molecule has 0 unspecified atom stereocenters. The zero-order valence-corrected chi connectivity index (χ0v) is 20.0. The SMILES string of the molecule is CCOC(=O)[C@@H](N)CCCNC(=N)NS(=O)(=O)c1c(C)c(C)c2c(c1C)CC(C)(C)O2. The minimum absolute atomic E-state index is 0.181. The fourth-order valence-corrected chi connectivity index (χ4v) is 5.30. The standard InChI is InChI=1S/C21H34N4O5S/c1-7-29-19(26)16(22)9-8-10-24-20(23)25-31(27,28)18-13(3)12(2)17-15(14(18)4)11-21(5,6)30-17/h16H,7-11,22H2,1-6H3,(H3,23,24,25)/t16-/m0/s1. The van der Waals surface area contributed by atoms with E-state index in [0.717, 1.165) is 16.9 Å². The summed E-state index contributed by atoms with van der Waals surface area (Å²) >= 11 is 0. The number of benzene rings is 1. The minimum atomic E-state index is -3.97. The van der Waals surface area contributed by atoms with Crippen LogP contribution in [0.5, 0.6) is 5.75 Å². The lowest BCUT2D eigenvalue weighted by molar-refractivity contribution is -0.144. The van der Waals surface area contributed by atoms with Gasteiger partial charge in [-0.1, -0.05) is 0 Å². The monoisotopic (exact) mass is 454 g/mol. The smallest absolute Gasteiger partial charge is 0.322 e. The van der Waals surface area contributed by atoms with Gasteiger partial charge in [-0.2, -0.15) is 0 Å². The van der Waals surface area contributed by atoms with Crippen molar-refractivity contribution in [1.29, 1.82) is 5.41 Å². The third kappa shape index (κ3) is 5.68. The Labute approximate surface area is 184 Å². The van der Waals surface area contributed by atoms with E-state index in [1.165, 1.54) is 0 Å². The van der Waals surface area contributed by atoms with Crippen molar-refractivity contribution < 1.29 is 22.7 Å². The molecule has 0 saturated carbocycles. The Morgan fingerprint density at radius 3 is 2.52 bits per heavy atom. The number of carbonyl (C=O) groups is 1. The van der Waals surface area contributed by atoms with Crippen LogP contribution in [0.4, 0.5) is 0 Å². The Morgan fingerprint density at radius 2 is 1.90 bits per heavy atom. The third-order valence-electron chi connectivity index (χ3n) is 5.38. The molecule has 10 heteroatoms. The molecule has 0 aromatic heterocycles. The van der Waals surface area contributed by atoms with Gasteiger partial charge in [-0.05, 0) is 71.1 Å². The number of sulfonamides is 1. The summed E-state index contributed by atoms with van der Waals surface area (Å²) in [5.74, 6) is -0.0494. The largest absolute Gasteiger partial charge is 0.487 e. The molecule has 1 atom stereocenters. The van der Waals surface area contributed by atoms with Gasteiger partial charge in [0.2, 0.25) is 5.96 Å². The fraction of sp³-hybridized carbons (Fsp3) is 0.619. The van der Waals surface area contributed by atoms with Crippen LogP contribution >= 0.6 is 0 Å². The van der Waals surface area contributed by atoms with Gasteiger partial charge in [0.25, 0.3) is 10.0 Å². The van der Waals surface area contributed by atoms with Gasteiger partial charge in [0.1, 0.15) is 17.4 Å². The zero-order valence-electron chi connectivity index (χ0n) is 19.1. The van der Waals surface area contributed by atoms with Gasteiger partial charge >= 0.3 is 5.97 Å². The van der Waals surface area contributed by atoms with Crippen LogP contribution in [0, 0.1) is 26.2 Å². The molecule has 174 valence electrons. The molecule has 1 aromatic rings. The van der Waals surface area contributed by atoms with E-state index in [1.807, 2.05) is 20.8 Å². The molecule has 1 aromatic carbocycles. The number of rotatable bonds is 8. The van der Waals surface area contributed by atoms with Crippen LogP contribution in [-0.4, -0.2) is 45.1 Å². The summed E-state index contributed by atoms with van der Waals surface area (Å²) in [6.45, 7) is 11.6. The second kappa shape index (κ2) is 9.44. The van der Waals surface area contributed by atoms with Crippen LogP contribution in [0.25, 0.3) is 0 Å². The van der Waals surface area contributed by atoms with Crippen LogP contribution in [0.15, 0.2) is 4.90 Å². The topological polar surface area (TPSA) is 144 Å². The van der Waals surface area contributed by atoms with Gasteiger partial charge in [-0.15, -0.1) is 0 Å². The number of carbonyl (C=O) groups excluding carboxylic acids is 1. The van der Waals surface area contributed by atoms with Crippen molar-refractivity contribution in [1.82, 2.24) is 10.0 Å². The van der Waals surface area contributed by atoms with E-state index in [0.29, 0.717) is 30.4 Å². The molecule has 31 heavy (non-hydrogen) atoms. The molecule has 1 aliphatic heterocycles. The summed E-state index contributed by atoms with van der Waals surface area (Å²) in [6, 6.07) is -0.737. The maximum Gasteiger partial charge on any atom is 0.322 e. The minimum Gasteiger partial charge on any atom is -0.487 e. The predicted octanol–water partition coefficient (Wildman–Crippen LogP) is 1.80. The maximum atomic E-state index is 13.1. The van der Waals surface area contributed by atoms with Crippen LogP contribution in [0.3, 0.4) is 0 Å². The van der Waals surface area contributed by atoms with Crippen molar-refractivity contribution in [3.63, 3.8) is 0 Å². The molecule has 0 fully saturated rings. The Balaban J connectivity index is 2.06. The van der Waals surface area contributed by atoms with E-state index >= 15 is 0 Å². The van der Waals surface area contributed by atoms with E-state index in [2.05, 4.69) is 10.0 Å². The van der Waals surface area contributed by atoms with Gasteiger partial charge in [0.05, 0.1) is 11.5 Å². The lowest BCUT2D eigenvalue weighted by atomic mass is 9.94. The molecule has 0 aliphatic carbocycles. The summed E-state index contributed by atoms with van der Waals surface area (Å²) in [4.78, 5) is 11.7. The lowest BCUT2D eigenvalue weighted by Crippen LogP contribution is -2.41. The van der Waals surface area contributed by atoms with E-state index in [9.17, 15) is 13.2 Å². The highest BCUT2D eigenvalue weighted by atomic mass is 32.2. The van der Waals surface area contributed by atoms with Crippen LogP contribution in [0.2, 0.25) is 0 Å². The second-order valence-corrected chi connectivity index (χ2v) is 10.1. The van der Waals surface area contributed by atoms with E-state index in [4.69, 9.17) is 20.6 Å². The lowest BCUT2D eigenvalue weighted by Gasteiger charge is -2.19. The zero-order chi connectivity index (χ0) is 23.6. The van der Waals surface area contributed by atoms with Crippen molar-refractivity contribution in [2.45, 2.75) is 77.3 Å². The van der Waals surface area contributed by atoms with Gasteiger partial charge in [0, 0.05) is 18.5 Å². The molecule has 0 radical (unpaired) electrons. The number of nitrogens with one attached hydrogen (secondary N) is 3. The van der Waals surface area contributed by atoms with Crippen molar-refractivity contribution in [3.05, 3.63) is 22.3 Å². The molecule has 1 aliphatic rings. The van der Waals surface area contributed by atoms with Crippen LogP contribution < -0.4 is 20.5 Å². The van der Waals surface area contributed by atoms with Gasteiger partial charge in [0.15, 0.2) is 0 Å². The quantitative estimate of drug-likeness (QED) is 0.203. The van der Waals surface area contributed by atoms with E-state index in [-0.39, 0.29) is 24.0 Å². The molecular formula is C21H34N4O5S. The number of guanidine groups is 1. The summed E-state index contributed by atoms with van der Waals surface area (Å²) in [6.07, 6.45) is 1.46. The third-order valence-corrected chi connectivity index (χ3v) is 7.00. The normalized spacial score (nSPS) is 15.6. The van der Waals surface area contributed by atoms with Gasteiger partial charge in [-0.25, -0.2) is 13.1 Å². The number of nitrogens with two attached hydrogens (primary N) is 1. The number of ether oxygens (including phenoxy) is 2. The van der Waals surface area contributed by atoms with Crippen molar-refractivity contribution >= 4 is 22.0 Å². The number of esters is 1. The molecule has 1 heterocycles. The number of hydrogen-bond acceptors (Lipinski definition) is 7. The molecule has 5 N–H and O–H groups in total. The molecule has 0 spiro atoms. The summed E-state index contributed by atoms with van der Waals surface area (Å²) in [5.41, 5.74) is 8.27. The molecule has 2 rings (SSSR count). The molecule has 0 bridgehead atoms. The summed E-state index contributed by atoms with van der Waals surface area (Å²) in [7, 11) is -3.97. The summed E-state index contributed by atoms with van der Waals surface area (Å²) < 4.78 is 39.4. The summed E-state index contributed by atoms with van der Waals surface area (Å²) in [5, 5.41) is 10.7. The number of fused-ring (bicyclic) bond motifs is 1. The van der Waals surface area contributed by atoms with Gasteiger partial charge in [-0.3, -0.25) is 10.2 Å². The van der Waals surface area contributed by atoms with Gasteiger partial charge < -0.3 is 20.5 Å². The first-order chi connectivity index (χ1) is 14.3. The Bertz CT molecular complexity index is 973. The Kier molecular flexibility index (Phi) is 7.59. The highest BCUT2D eigenvalue weighted by molar-refractivity contribution is 7.90. The average molecular weight is 455 g/mol. The first-order valence-corrected chi connectivity index (χ1v) is 11.9. The Morgan fingerprint density at radius 1 is 1.26 bits per heavy atom. The first kappa shape index (κ1) is 24.9. The second-order valence-electron chi connectivity index (χ2n) is 8.46. The highest BCUT2D eigenvalue weighted by Crippen LogP contribution is 2.43.